The van der Waals surface area contributed by atoms with Gasteiger partial charge in [-0.05, 0) is 24.4 Å². The molecular formula is C13H12N2O4. The van der Waals surface area contributed by atoms with Crippen LogP contribution in [0, 0.1) is 6.92 Å². The second kappa shape index (κ2) is 4.56. The van der Waals surface area contributed by atoms with E-state index in [2.05, 4.69) is 0 Å². The van der Waals surface area contributed by atoms with Crippen LogP contribution in [0.25, 0.3) is 10.8 Å². The number of carboxylic acids is 1. The molecule has 2 aromatic rings. The summed E-state index contributed by atoms with van der Waals surface area (Å²) in [6.07, 6.45) is 0. The summed E-state index contributed by atoms with van der Waals surface area (Å²) in [7, 11) is 0. The number of aromatic carboxylic acids is 1. The lowest BCUT2D eigenvalue weighted by Crippen LogP contribution is -2.32. The average molecular weight is 260 g/mol. The van der Waals surface area contributed by atoms with Gasteiger partial charge < -0.3 is 10.8 Å². The highest BCUT2D eigenvalue weighted by Gasteiger charge is 2.15. The third kappa shape index (κ3) is 2.33. The summed E-state index contributed by atoms with van der Waals surface area (Å²) in [5.41, 5.74) is 5.17. The number of carboxylic acid groups (broad SMARTS) is 1. The number of amides is 1. The normalized spacial score (nSPS) is 10.6. The van der Waals surface area contributed by atoms with E-state index in [-0.39, 0.29) is 5.69 Å². The van der Waals surface area contributed by atoms with Crippen LogP contribution >= 0.6 is 0 Å². The number of pyridine rings is 1. The van der Waals surface area contributed by atoms with Crippen LogP contribution in [0.2, 0.25) is 0 Å². The van der Waals surface area contributed by atoms with Crippen LogP contribution in [0.3, 0.4) is 0 Å². The summed E-state index contributed by atoms with van der Waals surface area (Å²) in [6.45, 7) is 1.39. The molecule has 0 bridgehead atoms. The first-order valence-corrected chi connectivity index (χ1v) is 5.56. The molecular weight excluding hydrogens is 248 g/mol. The van der Waals surface area contributed by atoms with Crippen LogP contribution in [0.1, 0.15) is 16.1 Å². The maximum atomic E-state index is 12.2. The van der Waals surface area contributed by atoms with Crippen LogP contribution in [-0.4, -0.2) is 21.6 Å². The van der Waals surface area contributed by atoms with Crippen LogP contribution in [-0.2, 0) is 11.3 Å². The minimum Gasteiger partial charge on any atom is -0.477 e. The maximum absolute atomic E-state index is 12.2. The van der Waals surface area contributed by atoms with Gasteiger partial charge in [-0.15, -0.1) is 0 Å². The highest BCUT2D eigenvalue weighted by Crippen LogP contribution is 2.14. The molecule has 0 aliphatic carbocycles. The predicted molar refractivity (Wildman–Crippen MR) is 69.1 cm³/mol. The first-order valence-electron chi connectivity index (χ1n) is 5.56. The van der Waals surface area contributed by atoms with Gasteiger partial charge in [0.15, 0.2) is 0 Å². The molecule has 0 atom stereocenters. The first-order chi connectivity index (χ1) is 8.90. The molecule has 0 unspecified atom stereocenters. The van der Waals surface area contributed by atoms with Crippen molar-refractivity contribution in [3.63, 3.8) is 0 Å². The summed E-state index contributed by atoms with van der Waals surface area (Å²) in [4.78, 5) is 34.3. The van der Waals surface area contributed by atoms with Crippen molar-refractivity contribution < 1.29 is 14.7 Å². The van der Waals surface area contributed by atoms with Gasteiger partial charge in [0.05, 0.1) is 0 Å². The molecule has 19 heavy (non-hydrogen) atoms. The van der Waals surface area contributed by atoms with Crippen LogP contribution in [0.4, 0.5) is 0 Å². The molecule has 2 rings (SSSR count). The van der Waals surface area contributed by atoms with Gasteiger partial charge in [-0.2, -0.15) is 0 Å². The zero-order chi connectivity index (χ0) is 14.2. The standard InChI is InChI=1S/C13H12N2O4/c1-7-2-3-9-8(4-7)5-10(13(18)19)15(12(9)17)6-11(14)16/h2-5H,6H2,1H3,(H2,14,16)(H,18,19). The van der Waals surface area contributed by atoms with Gasteiger partial charge in [0.1, 0.15) is 12.2 Å². The van der Waals surface area contributed by atoms with Gasteiger partial charge in [0, 0.05) is 5.39 Å². The van der Waals surface area contributed by atoms with Gasteiger partial charge in [-0.3, -0.25) is 14.2 Å². The Bertz CT molecular complexity index is 746. The van der Waals surface area contributed by atoms with Crippen molar-refractivity contribution in [3.8, 4) is 0 Å². The zero-order valence-corrected chi connectivity index (χ0v) is 10.2. The number of primary amides is 1. The van der Waals surface area contributed by atoms with Crippen LogP contribution in [0.15, 0.2) is 29.1 Å². The Morgan fingerprint density at radius 1 is 1.32 bits per heavy atom. The minimum atomic E-state index is -1.28. The lowest BCUT2D eigenvalue weighted by Gasteiger charge is -2.10. The smallest absolute Gasteiger partial charge is 0.352 e. The third-order valence-electron chi connectivity index (χ3n) is 2.80. The summed E-state index contributed by atoms with van der Waals surface area (Å²) in [6, 6.07) is 6.45. The molecule has 98 valence electrons. The number of nitrogens with two attached hydrogens (primary N) is 1. The average Bonchev–Trinajstić information content (AvgIpc) is 2.31. The number of hydrogen-bond donors (Lipinski definition) is 2. The SMILES string of the molecule is Cc1ccc2c(=O)n(CC(N)=O)c(C(=O)O)cc2c1. The van der Waals surface area contributed by atoms with Crippen molar-refractivity contribution in [1.29, 1.82) is 0 Å². The second-order valence-electron chi connectivity index (χ2n) is 4.28. The number of aryl methyl sites for hydroxylation is 1. The Morgan fingerprint density at radius 2 is 2.00 bits per heavy atom. The molecule has 0 fully saturated rings. The van der Waals surface area contributed by atoms with E-state index < -0.39 is 24.0 Å². The Labute approximate surface area is 108 Å². The summed E-state index contributed by atoms with van der Waals surface area (Å²) in [5.74, 6) is -2.04. The van der Waals surface area contributed by atoms with Gasteiger partial charge in [0.25, 0.3) is 5.56 Å². The van der Waals surface area contributed by atoms with E-state index in [0.717, 1.165) is 10.1 Å². The number of hydrogen-bond acceptors (Lipinski definition) is 3. The number of carbonyl (C=O) groups excluding carboxylic acids is 1. The fraction of sp³-hybridized carbons (Fsp3) is 0.154. The van der Waals surface area contributed by atoms with Crippen molar-refractivity contribution in [1.82, 2.24) is 4.57 Å². The summed E-state index contributed by atoms with van der Waals surface area (Å²) >= 11 is 0. The largest absolute Gasteiger partial charge is 0.477 e. The molecule has 1 heterocycles. The number of benzene rings is 1. The molecule has 3 N–H and O–H groups in total. The molecule has 1 aromatic heterocycles. The molecule has 0 aliphatic heterocycles. The molecule has 0 spiro atoms. The van der Waals surface area contributed by atoms with Crippen LogP contribution in [0.5, 0.6) is 0 Å². The fourth-order valence-electron chi connectivity index (χ4n) is 1.97. The van der Waals surface area contributed by atoms with Crippen molar-refractivity contribution in [3.05, 3.63) is 45.9 Å². The Hall–Kier alpha value is -2.63. The van der Waals surface area contributed by atoms with E-state index in [1.165, 1.54) is 6.07 Å². The van der Waals surface area contributed by atoms with Crippen LogP contribution < -0.4 is 11.3 Å². The summed E-state index contributed by atoms with van der Waals surface area (Å²) < 4.78 is 0.877. The highest BCUT2D eigenvalue weighted by atomic mass is 16.4. The lowest BCUT2D eigenvalue weighted by atomic mass is 10.1. The molecule has 0 saturated heterocycles. The Kier molecular flexibility index (Phi) is 3.08. The third-order valence-corrected chi connectivity index (χ3v) is 2.80. The second-order valence-corrected chi connectivity index (χ2v) is 4.28. The Balaban J connectivity index is 2.85. The van der Waals surface area contributed by atoms with Crippen molar-refractivity contribution in [2.24, 2.45) is 5.73 Å². The zero-order valence-electron chi connectivity index (χ0n) is 10.2. The van der Waals surface area contributed by atoms with Gasteiger partial charge >= 0.3 is 5.97 Å². The van der Waals surface area contributed by atoms with E-state index in [4.69, 9.17) is 10.8 Å². The first kappa shape index (κ1) is 12.8. The van der Waals surface area contributed by atoms with Gasteiger partial charge in [-0.25, -0.2) is 4.79 Å². The number of nitrogens with zero attached hydrogens (tertiary/aromatic N) is 1. The molecule has 6 nitrogen and oxygen atoms in total. The van der Waals surface area contributed by atoms with Crippen molar-refractivity contribution in [2.45, 2.75) is 13.5 Å². The van der Waals surface area contributed by atoms with E-state index in [0.29, 0.717) is 10.8 Å². The molecule has 0 aliphatic rings. The minimum absolute atomic E-state index is 0.248. The summed E-state index contributed by atoms with van der Waals surface area (Å²) in [5, 5.41) is 10.0. The number of aromatic nitrogens is 1. The number of fused-ring (bicyclic) bond motifs is 1. The van der Waals surface area contributed by atoms with Gasteiger partial charge in [-0.1, -0.05) is 17.7 Å². The highest BCUT2D eigenvalue weighted by molar-refractivity contribution is 5.93. The van der Waals surface area contributed by atoms with Crippen molar-refractivity contribution >= 4 is 22.6 Å². The molecule has 0 radical (unpaired) electrons. The number of rotatable bonds is 3. The topological polar surface area (TPSA) is 102 Å². The maximum Gasteiger partial charge on any atom is 0.352 e. The lowest BCUT2D eigenvalue weighted by molar-refractivity contribution is -0.118. The fourth-order valence-corrected chi connectivity index (χ4v) is 1.97. The Morgan fingerprint density at radius 3 is 2.58 bits per heavy atom. The number of carbonyl (C=O) groups is 2. The quantitative estimate of drug-likeness (QED) is 0.838. The molecule has 1 aromatic carbocycles. The monoisotopic (exact) mass is 260 g/mol. The molecule has 6 heteroatoms. The van der Waals surface area contributed by atoms with Crippen molar-refractivity contribution in [2.75, 3.05) is 0 Å². The van der Waals surface area contributed by atoms with E-state index in [1.807, 2.05) is 6.92 Å². The van der Waals surface area contributed by atoms with E-state index in [9.17, 15) is 14.4 Å². The molecule has 0 saturated carbocycles. The van der Waals surface area contributed by atoms with Gasteiger partial charge in [0.2, 0.25) is 5.91 Å². The predicted octanol–water partition coefficient (Wildman–Crippen LogP) is 0.493. The van der Waals surface area contributed by atoms with E-state index in [1.54, 1.807) is 18.2 Å². The molecule has 1 amide bonds. The van der Waals surface area contributed by atoms with E-state index >= 15 is 0 Å².